The number of aromatic nitrogens is 2. The fourth-order valence-electron chi connectivity index (χ4n) is 5.24. The van der Waals surface area contributed by atoms with E-state index in [9.17, 15) is 22.8 Å². The number of aryl methyl sites for hydroxylation is 1. The Morgan fingerprint density at radius 1 is 1.11 bits per heavy atom. The lowest BCUT2D eigenvalue weighted by atomic mass is 9.97. The normalized spacial score (nSPS) is 22.4. The molecule has 2 N–H and O–H groups in total. The van der Waals surface area contributed by atoms with E-state index in [1.807, 2.05) is 0 Å². The second-order valence-electron chi connectivity index (χ2n) is 10.1. The van der Waals surface area contributed by atoms with Gasteiger partial charge in [-0.3, -0.25) is 14.4 Å². The number of ketones is 1. The van der Waals surface area contributed by atoms with Crippen LogP contribution in [0.5, 0.6) is 0 Å². The van der Waals surface area contributed by atoms with Gasteiger partial charge in [0.1, 0.15) is 11.7 Å². The lowest BCUT2D eigenvalue weighted by Gasteiger charge is -2.25. The Bertz CT molecular complexity index is 1220. The first-order valence-corrected chi connectivity index (χ1v) is 14.3. The van der Waals surface area contributed by atoms with E-state index in [-0.39, 0.29) is 23.3 Å². The topological polar surface area (TPSA) is 130 Å². The van der Waals surface area contributed by atoms with E-state index in [0.717, 1.165) is 30.0 Å². The van der Waals surface area contributed by atoms with Crippen LogP contribution >= 0.6 is 0 Å². The van der Waals surface area contributed by atoms with Crippen LogP contribution in [0.4, 0.5) is 0 Å². The molecule has 200 valence electrons. The summed E-state index contributed by atoms with van der Waals surface area (Å²) >= 11 is 0. The third-order valence-electron chi connectivity index (χ3n) is 7.43. The largest absolute Gasteiger partial charge is 0.347 e. The number of sulfonamides is 1. The van der Waals surface area contributed by atoms with Crippen LogP contribution in [0.15, 0.2) is 47.8 Å². The highest BCUT2D eigenvalue weighted by Crippen LogP contribution is 2.29. The maximum atomic E-state index is 13.4. The van der Waals surface area contributed by atoms with Gasteiger partial charge < -0.3 is 15.2 Å². The molecule has 0 bridgehead atoms. The Hall–Kier alpha value is -3.05. The summed E-state index contributed by atoms with van der Waals surface area (Å²) in [5.41, 5.74) is 0.443. The van der Waals surface area contributed by atoms with Gasteiger partial charge in [-0.15, -0.1) is 0 Å². The van der Waals surface area contributed by atoms with Gasteiger partial charge in [-0.05, 0) is 56.4 Å². The number of carbonyl (C=O) groups is 3. The fourth-order valence-corrected chi connectivity index (χ4v) is 6.80. The van der Waals surface area contributed by atoms with Gasteiger partial charge in [-0.25, -0.2) is 13.4 Å². The summed E-state index contributed by atoms with van der Waals surface area (Å²) in [6.45, 7) is 1.40. The van der Waals surface area contributed by atoms with E-state index in [4.69, 9.17) is 0 Å². The third-order valence-corrected chi connectivity index (χ3v) is 9.31. The average molecular weight is 530 g/mol. The van der Waals surface area contributed by atoms with Crippen LogP contribution in [-0.4, -0.2) is 64.5 Å². The quantitative estimate of drug-likeness (QED) is 0.538. The molecule has 2 fully saturated rings. The lowest BCUT2D eigenvalue weighted by molar-refractivity contribution is -0.129. The first kappa shape index (κ1) is 27.0. The Morgan fingerprint density at radius 3 is 2.51 bits per heavy atom. The number of Topliss-reactive ketones (excluding diaryl/α,β-unsaturated/α-hetero) is 1. The van der Waals surface area contributed by atoms with Crippen molar-refractivity contribution >= 4 is 27.6 Å². The van der Waals surface area contributed by atoms with E-state index >= 15 is 0 Å². The van der Waals surface area contributed by atoms with Crippen molar-refractivity contribution in [1.29, 1.82) is 0 Å². The predicted octanol–water partition coefficient (Wildman–Crippen LogP) is 2.03. The third kappa shape index (κ3) is 6.27. The lowest BCUT2D eigenvalue weighted by Crippen LogP contribution is -2.53. The molecule has 0 spiro atoms. The zero-order valence-electron chi connectivity index (χ0n) is 21.3. The van der Waals surface area contributed by atoms with Gasteiger partial charge in [0.25, 0.3) is 15.9 Å². The van der Waals surface area contributed by atoms with Gasteiger partial charge in [-0.1, -0.05) is 31.7 Å². The van der Waals surface area contributed by atoms with Crippen LogP contribution in [0.3, 0.4) is 0 Å². The molecule has 2 aliphatic rings. The number of amides is 2. The molecule has 2 aromatic rings. The van der Waals surface area contributed by atoms with Gasteiger partial charge in [0.15, 0.2) is 10.8 Å². The summed E-state index contributed by atoms with van der Waals surface area (Å²) < 4.78 is 29.2. The summed E-state index contributed by atoms with van der Waals surface area (Å²) in [6, 6.07) is 6.00. The maximum Gasteiger partial charge on any atom is 0.268 e. The SMILES string of the molecule is C[C@@H]1CC[C@H](NC(=O)[C@H](CC2CCCC2)NC(=O)c2cccn2C)C(=O)CN1S(=O)(=O)c1ccccn1. The minimum Gasteiger partial charge on any atom is -0.347 e. The molecule has 0 unspecified atom stereocenters. The molecule has 0 radical (unpaired) electrons. The fraction of sp³-hybridized carbons (Fsp3) is 0.538. The van der Waals surface area contributed by atoms with Crippen molar-refractivity contribution < 1.29 is 22.8 Å². The van der Waals surface area contributed by atoms with Crippen LogP contribution in [0, 0.1) is 5.92 Å². The standard InChI is InChI=1S/C26H35N5O5S/c1-18-12-13-20(23(32)17-31(18)37(35,36)24-11-5-6-14-27-24)28-25(33)21(16-19-8-3-4-9-19)29-26(34)22-10-7-15-30(22)2/h5-7,10-11,14-15,18-21H,3-4,8-9,12-13,16-17H2,1-2H3,(H,28,33)(H,29,34)/t18-,20+,21+/m1/s1. The number of nitrogens with one attached hydrogen (secondary N) is 2. The minimum absolute atomic E-state index is 0.114. The molecule has 37 heavy (non-hydrogen) atoms. The summed E-state index contributed by atoms with van der Waals surface area (Å²) in [5.74, 6) is -0.820. The van der Waals surface area contributed by atoms with E-state index in [1.54, 1.807) is 49.0 Å². The van der Waals surface area contributed by atoms with Gasteiger partial charge in [0.2, 0.25) is 5.91 Å². The van der Waals surface area contributed by atoms with Crippen LogP contribution in [0.1, 0.15) is 62.4 Å². The van der Waals surface area contributed by atoms with Crippen LogP contribution < -0.4 is 10.6 Å². The Labute approximate surface area is 217 Å². The second kappa shape index (κ2) is 11.6. The second-order valence-corrected chi connectivity index (χ2v) is 11.9. The highest BCUT2D eigenvalue weighted by molar-refractivity contribution is 7.89. The van der Waals surface area contributed by atoms with Crippen molar-refractivity contribution in [2.45, 2.75) is 75.0 Å². The first-order valence-electron chi connectivity index (χ1n) is 12.8. The number of hydrogen-bond donors (Lipinski definition) is 2. The van der Waals surface area contributed by atoms with E-state index in [1.165, 1.54) is 12.3 Å². The summed E-state index contributed by atoms with van der Waals surface area (Å²) in [4.78, 5) is 43.4. The molecule has 2 aromatic heterocycles. The monoisotopic (exact) mass is 529 g/mol. The van der Waals surface area contributed by atoms with Crippen molar-refractivity contribution in [3.8, 4) is 0 Å². The molecule has 1 saturated heterocycles. The van der Waals surface area contributed by atoms with Gasteiger partial charge in [0, 0.05) is 25.5 Å². The zero-order valence-corrected chi connectivity index (χ0v) is 22.1. The van der Waals surface area contributed by atoms with E-state index in [0.29, 0.717) is 30.9 Å². The Morgan fingerprint density at radius 2 is 1.86 bits per heavy atom. The van der Waals surface area contributed by atoms with Crippen molar-refractivity contribution in [2.24, 2.45) is 13.0 Å². The summed E-state index contributed by atoms with van der Waals surface area (Å²) in [7, 11) is -2.21. The number of pyridine rings is 1. The molecule has 3 heterocycles. The molecule has 1 saturated carbocycles. The van der Waals surface area contributed by atoms with Crippen molar-refractivity contribution in [3.05, 3.63) is 48.4 Å². The van der Waals surface area contributed by atoms with Crippen LogP contribution in [0.25, 0.3) is 0 Å². The van der Waals surface area contributed by atoms with Crippen molar-refractivity contribution in [3.63, 3.8) is 0 Å². The highest BCUT2D eigenvalue weighted by atomic mass is 32.2. The molecule has 10 nitrogen and oxygen atoms in total. The number of rotatable bonds is 8. The maximum absolute atomic E-state index is 13.4. The summed E-state index contributed by atoms with van der Waals surface area (Å²) in [5, 5.41) is 5.59. The average Bonchev–Trinajstić information content (AvgIpc) is 3.53. The first-order chi connectivity index (χ1) is 17.7. The van der Waals surface area contributed by atoms with Crippen LogP contribution in [-0.2, 0) is 26.7 Å². The van der Waals surface area contributed by atoms with E-state index in [2.05, 4.69) is 15.6 Å². The molecule has 4 rings (SSSR count). The molecule has 3 atom stereocenters. The van der Waals surface area contributed by atoms with Gasteiger partial charge >= 0.3 is 0 Å². The molecule has 2 amide bonds. The molecule has 1 aliphatic heterocycles. The predicted molar refractivity (Wildman–Crippen MR) is 137 cm³/mol. The smallest absolute Gasteiger partial charge is 0.268 e. The number of carbonyl (C=O) groups excluding carboxylic acids is 3. The number of hydrogen-bond acceptors (Lipinski definition) is 6. The number of nitrogens with zero attached hydrogens (tertiary/aromatic N) is 3. The molecule has 11 heteroatoms. The van der Waals surface area contributed by atoms with Crippen LogP contribution in [0.2, 0.25) is 0 Å². The molecule has 1 aliphatic carbocycles. The Kier molecular flexibility index (Phi) is 8.43. The van der Waals surface area contributed by atoms with E-state index < -0.39 is 34.1 Å². The zero-order chi connectivity index (χ0) is 26.6. The van der Waals surface area contributed by atoms with Gasteiger partial charge in [0.05, 0.1) is 12.6 Å². The molecular formula is C26H35N5O5S. The molecule has 0 aromatic carbocycles. The molecular weight excluding hydrogens is 494 g/mol. The summed E-state index contributed by atoms with van der Waals surface area (Å²) in [6.07, 6.45) is 8.57. The highest BCUT2D eigenvalue weighted by Gasteiger charge is 2.38. The van der Waals surface area contributed by atoms with Gasteiger partial charge in [-0.2, -0.15) is 4.31 Å². The van der Waals surface area contributed by atoms with Crippen molar-refractivity contribution in [2.75, 3.05) is 6.54 Å². The minimum atomic E-state index is -3.97. The van der Waals surface area contributed by atoms with Crippen molar-refractivity contribution in [1.82, 2.24) is 24.5 Å². The Balaban J connectivity index is 1.47.